The van der Waals surface area contributed by atoms with Gasteiger partial charge in [-0.3, -0.25) is 14.6 Å². The first kappa shape index (κ1) is 16.1. The molecule has 5 N–H and O–H groups in total. The molecule has 0 unspecified atom stereocenters. The topological polar surface area (TPSA) is 130 Å². The Labute approximate surface area is 141 Å². The number of fused-ring (bicyclic) bond motifs is 1. The van der Waals surface area contributed by atoms with E-state index in [1.54, 1.807) is 0 Å². The molecule has 0 aliphatic carbocycles. The van der Waals surface area contributed by atoms with Crippen LogP contribution in [0.5, 0.6) is 0 Å². The minimum atomic E-state index is -0.392. The van der Waals surface area contributed by atoms with Crippen molar-refractivity contribution in [3.8, 4) is 0 Å². The maximum Gasteiger partial charge on any atom is 0.278 e. The molecule has 9 heteroatoms. The Hall–Kier alpha value is -2.81. The largest absolute Gasteiger partial charge is 0.369 e. The third-order valence-electron chi connectivity index (χ3n) is 3.58. The second-order valence-corrected chi connectivity index (χ2v) is 6.24. The molecule has 2 aromatic heterocycles. The van der Waals surface area contributed by atoms with Crippen LogP contribution < -0.4 is 16.6 Å². The van der Waals surface area contributed by atoms with Gasteiger partial charge in [0.05, 0.1) is 5.75 Å². The first-order chi connectivity index (χ1) is 11.4. The Balaban J connectivity index is 1.69. The van der Waals surface area contributed by atoms with Crippen molar-refractivity contribution >= 4 is 40.5 Å². The van der Waals surface area contributed by atoms with Gasteiger partial charge in [-0.1, -0.05) is 23.9 Å². The number of amides is 1. The number of carbonyl (C=O) groups excluding carboxylic acids is 1. The van der Waals surface area contributed by atoms with Crippen LogP contribution in [-0.4, -0.2) is 31.6 Å². The maximum absolute atomic E-state index is 12.1. The number of rotatable bonds is 4. The van der Waals surface area contributed by atoms with Gasteiger partial charge in [0.15, 0.2) is 16.3 Å². The average molecular weight is 344 g/mol. The van der Waals surface area contributed by atoms with E-state index in [9.17, 15) is 9.59 Å². The second kappa shape index (κ2) is 6.36. The fourth-order valence-electron chi connectivity index (χ4n) is 2.18. The van der Waals surface area contributed by atoms with Gasteiger partial charge in [0, 0.05) is 5.69 Å². The molecule has 2 heterocycles. The number of imidazole rings is 1. The zero-order valence-electron chi connectivity index (χ0n) is 13.1. The van der Waals surface area contributed by atoms with Crippen LogP contribution in [0.25, 0.3) is 11.2 Å². The Kier molecular flexibility index (Phi) is 4.26. The Morgan fingerprint density at radius 1 is 1.29 bits per heavy atom. The highest BCUT2D eigenvalue weighted by Gasteiger charge is 2.12. The predicted molar refractivity (Wildman–Crippen MR) is 94.2 cm³/mol. The molecule has 3 aromatic rings. The molecule has 0 radical (unpaired) electrons. The summed E-state index contributed by atoms with van der Waals surface area (Å²) in [6, 6.07) is 5.75. The highest BCUT2D eigenvalue weighted by atomic mass is 32.2. The lowest BCUT2D eigenvalue weighted by Crippen LogP contribution is -2.15. The van der Waals surface area contributed by atoms with Gasteiger partial charge in [-0.2, -0.15) is 4.98 Å². The normalized spacial score (nSPS) is 10.9. The summed E-state index contributed by atoms with van der Waals surface area (Å²) in [5.74, 6) is -0.000567. The van der Waals surface area contributed by atoms with Crippen LogP contribution in [-0.2, 0) is 4.79 Å². The van der Waals surface area contributed by atoms with Crippen molar-refractivity contribution in [1.82, 2.24) is 19.9 Å². The predicted octanol–water partition coefficient (Wildman–Crippen LogP) is 1.58. The quantitative estimate of drug-likeness (QED) is 0.532. The lowest BCUT2D eigenvalue weighted by atomic mass is 10.1. The number of hydrogen-bond acceptors (Lipinski definition) is 6. The molecule has 24 heavy (non-hydrogen) atoms. The highest BCUT2D eigenvalue weighted by molar-refractivity contribution is 7.99. The number of aryl methyl sites for hydroxylation is 1. The first-order valence-electron chi connectivity index (χ1n) is 7.18. The van der Waals surface area contributed by atoms with Crippen LogP contribution >= 0.6 is 11.8 Å². The summed E-state index contributed by atoms with van der Waals surface area (Å²) in [7, 11) is 0. The summed E-state index contributed by atoms with van der Waals surface area (Å²) in [6.07, 6.45) is 0. The highest BCUT2D eigenvalue weighted by Crippen LogP contribution is 2.20. The Morgan fingerprint density at radius 3 is 2.88 bits per heavy atom. The maximum atomic E-state index is 12.1. The number of nitrogens with zero attached hydrogens (tertiary/aromatic N) is 2. The molecular weight excluding hydrogens is 328 g/mol. The average Bonchev–Trinajstić information content (AvgIpc) is 2.93. The first-order valence-corrected chi connectivity index (χ1v) is 8.17. The molecule has 3 rings (SSSR count). The fourth-order valence-corrected chi connectivity index (χ4v) is 2.84. The minimum absolute atomic E-state index is 0.00298. The van der Waals surface area contributed by atoms with Crippen molar-refractivity contribution in [2.75, 3.05) is 16.8 Å². The van der Waals surface area contributed by atoms with Crippen LogP contribution in [0, 0.1) is 13.8 Å². The zero-order chi connectivity index (χ0) is 17.3. The van der Waals surface area contributed by atoms with Gasteiger partial charge in [0.25, 0.3) is 5.56 Å². The molecular formula is C15H16N6O2S. The molecule has 1 aromatic carbocycles. The van der Waals surface area contributed by atoms with Crippen molar-refractivity contribution in [2.45, 2.75) is 19.0 Å². The van der Waals surface area contributed by atoms with E-state index < -0.39 is 5.56 Å². The van der Waals surface area contributed by atoms with Gasteiger partial charge in [0.1, 0.15) is 0 Å². The van der Waals surface area contributed by atoms with Crippen molar-refractivity contribution < 1.29 is 4.79 Å². The van der Waals surface area contributed by atoms with E-state index in [4.69, 9.17) is 5.73 Å². The fraction of sp³-hybridized carbons (Fsp3) is 0.200. The van der Waals surface area contributed by atoms with Crippen LogP contribution in [0.1, 0.15) is 11.1 Å². The third-order valence-corrected chi connectivity index (χ3v) is 4.45. The van der Waals surface area contributed by atoms with Gasteiger partial charge in [0.2, 0.25) is 11.9 Å². The molecule has 0 fully saturated rings. The molecule has 124 valence electrons. The van der Waals surface area contributed by atoms with E-state index in [0.29, 0.717) is 5.16 Å². The molecule has 0 aliphatic rings. The van der Waals surface area contributed by atoms with Crippen LogP contribution in [0.15, 0.2) is 28.2 Å². The number of H-pyrrole nitrogens is 2. The van der Waals surface area contributed by atoms with Crippen LogP contribution in [0.4, 0.5) is 11.6 Å². The van der Waals surface area contributed by atoms with E-state index >= 15 is 0 Å². The minimum Gasteiger partial charge on any atom is -0.369 e. The summed E-state index contributed by atoms with van der Waals surface area (Å²) in [6.45, 7) is 3.95. The van der Waals surface area contributed by atoms with Gasteiger partial charge in [-0.25, -0.2) is 4.98 Å². The lowest BCUT2D eigenvalue weighted by molar-refractivity contribution is -0.113. The molecule has 0 atom stereocenters. The number of anilines is 2. The van der Waals surface area contributed by atoms with E-state index in [2.05, 4.69) is 25.3 Å². The molecule has 0 saturated heterocycles. The summed E-state index contributed by atoms with van der Waals surface area (Å²) in [4.78, 5) is 37.2. The van der Waals surface area contributed by atoms with Crippen molar-refractivity contribution in [3.05, 3.63) is 39.7 Å². The number of hydrogen-bond donors (Lipinski definition) is 4. The van der Waals surface area contributed by atoms with Crippen LogP contribution in [0.2, 0.25) is 0 Å². The SMILES string of the molecule is Cc1cccc(NC(=O)CSc2nc3nc(N)[nH]c(=O)c3[nH]2)c1C. The number of thioether (sulfide) groups is 1. The number of nitrogens with two attached hydrogens (primary N) is 1. The molecule has 0 bridgehead atoms. The summed E-state index contributed by atoms with van der Waals surface area (Å²) in [5.41, 5.74) is 8.49. The number of aromatic nitrogens is 4. The van der Waals surface area contributed by atoms with E-state index in [0.717, 1.165) is 16.8 Å². The smallest absolute Gasteiger partial charge is 0.278 e. The number of nitrogen functional groups attached to an aromatic ring is 1. The summed E-state index contributed by atoms with van der Waals surface area (Å²) < 4.78 is 0. The summed E-state index contributed by atoms with van der Waals surface area (Å²) in [5, 5.41) is 3.31. The van der Waals surface area contributed by atoms with Crippen molar-refractivity contribution in [1.29, 1.82) is 0 Å². The van der Waals surface area contributed by atoms with E-state index in [1.807, 2.05) is 32.0 Å². The van der Waals surface area contributed by atoms with Crippen LogP contribution in [0.3, 0.4) is 0 Å². The Morgan fingerprint density at radius 2 is 2.08 bits per heavy atom. The second-order valence-electron chi connectivity index (χ2n) is 5.28. The summed E-state index contributed by atoms with van der Waals surface area (Å²) >= 11 is 1.19. The van der Waals surface area contributed by atoms with Crippen molar-refractivity contribution in [2.24, 2.45) is 0 Å². The molecule has 1 amide bonds. The van der Waals surface area contributed by atoms with Crippen molar-refractivity contribution in [3.63, 3.8) is 0 Å². The number of aromatic amines is 2. The molecule has 0 saturated carbocycles. The molecule has 8 nitrogen and oxygen atoms in total. The standard InChI is InChI=1S/C15H16N6O2S/c1-7-4-3-5-9(8(7)2)17-10(22)6-24-15-18-11-12(20-15)19-14(16)21-13(11)23/h3-5H,6H2,1-2H3,(H,17,22)(H4,16,18,19,20,21,23). The van der Waals surface area contributed by atoms with Gasteiger partial charge in [-0.15, -0.1) is 0 Å². The monoisotopic (exact) mass is 344 g/mol. The van der Waals surface area contributed by atoms with Gasteiger partial charge in [-0.05, 0) is 31.0 Å². The number of benzene rings is 1. The molecule has 0 spiro atoms. The lowest BCUT2D eigenvalue weighted by Gasteiger charge is -2.09. The van der Waals surface area contributed by atoms with Gasteiger partial charge < -0.3 is 16.0 Å². The molecule has 0 aliphatic heterocycles. The van der Waals surface area contributed by atoms with E-state index in [1.165, 1.54) is 11.8 Å². The Bertz CT molecular complexity index is 978. The van der Waals surface area contributed by atoms with E-state index in [-0.39, 0.29) is 28.8 Å². The zero-order valence-corrected chi connectivity index (χ0v) is 14.0. The third kappa shape index (κ3) is 3.25. The number of carbonyl (C=O) groups is 1. The van der Waals surface area contributed by atoms with Gasteiger partial charge >= 0.3 is 0 Å². The number of nitrogens with one attached hydrogen (secondary N) is 3.